The Morgan fingerprint density at radius 3 is 2.58 bits per heavy atom. The lowest BCUT2D eigenvalue weighted by atomic mass is 9.88. The van der Waals surface area contributed by atoms with Gasteiger partial charge in [0.15, 0.2) is 0 Å². The third-order valence-corrected chi connectivity index (χ3v) is 5.32. The Hall–Kier alpha value is -1.55. The quantitative estimate of drug-likeness (QED) is 0.856. The van der Waals surface area contributed by atoms with Crippen molar-refractivity contribution in [2.75, 3.05) is 13.1 Å². The maximum absolute atomic E-state index is 12.8. The van der Waals surface area contributed by atoms with Gasteiger partial charge in [0, 0.05) is 19.0 Å². The zero-order chi connectivity index (χ0) is 17.1. The summed E-state index contributed by atoms with van der Waals surface area (Å²) in [5.74, 6) is 0.0450. The molecule has 0 aromatic heterocycles. The van der Waals surface area contributed by atoms with Gasteiger partial charge in [-0.3, -0.25) is 4.79 Å². The number of rotatable bonds is 4. The van der Waals surface area contributed by atoms with Crippen LogP contribution < -0.4 is 10.6 Å². The SMILES string of the molecule is C[C@H](NC(=O)[C@@H]1CNC[C@H]1c1ccc(Cl)c(Cl)c1)c1ccccc1. The Morgan fingerprint density at radius 2 is 1.88 bits per heavy atom. The first-order chi connectivity index (χ1) is 11.6. The van der Waals surface area contributed by atoms with Crippen molar-refractivity contribution in [1.82, 2.24) is 10.6 Å². The second-order valence-corrected chi connectivity index (χ2v) is 7.00. The van der Waals surface area contributed by atoms with Crippen molar-refractivity contribution in [3.8, 4) is 0 Å². The molecule has 1 saturated heterocycles. The highest BCUT2D eigenvalue weighted by Crippen LogP contribution is 2.33. The van der Waals surface area contributed by atoms with Crippen LogP contribution in [-0.2, 0) is 4.79 Å². The molecule has 0 saturated carbocycles. The standard InChI is InChI=1S/C19H20Cl2N2O/c1-12(13-5-3-2-4-6-13)23-19(24)16-11-22-10-15(16)14-7-8-17(20)18(21)9-14/h2-9,12,15-16,22H,10-11H2,1H3,(H,23,24)/t12-,15-,16+/m0/s1. The van der Waals surface area contributed by atoms with E-state index < -0.39 is 0 Å². The molecule has 2 aromatic carbocycles. The van der Waals surface area contributed by atoms with Gasteiger partial charge in [-0.05, 0) is 30.2 Å². The van der Waals surface area contributed by atoms with Crippen molar-refractivity contribution in [2.24, 2.45) is 5.92 Å². The highest BCUT2D eigenvalue weighted by Gasteiger charge is 2.34. The lowest BCUT2D eigenvalue weighted by Crippen LogP contribution is -2.36. The van der Waals surface area contributed by atoms with Crippen molar-refractivity contribution >= 4 is 29.1 Å². The molecule has 1 aliphatic rings. The van der Waals surface area contributed by atoms with Crippen LogP contribution in [0.15, 0.2) is 48.5 Å². The molecule has 3 rings (SSSR count). The molecule has 1 aliphatic heterocycles. The van der Waals surface area contributed by atoms with Gasteiger partial charge in [-0.15, -0.1) is 0 Å². The number of nitrogens with one attached hydrogen (secondary N) is 2. The fourth-order valence-corrected chi connectivity index (χ4v) is 3.50. The molecule has 2 N–H and O–H groups in total. The van der Waals surface area contributed by atoms with E-state index in [4.69, 9.17) is 23.2 Å². The van der Waals surface area contributed by atoms with E-state index in [0.29, 0.717) is 16.6 Å². The second-order valence-electron chi connectivity index (χ2n) is 6.19. The smallest absolute Gasteiger partial charge is 0.225 e. The van der Waals surface area contributed by atoms with E-state index in [2.05, 4.69) is 10.6 Å². The Labute approximate surface area is 152 Å². The summed E-state index contributed by atoms with van der Waals surface area (Å²) in [6, 6.07) is 15.6. The molecule has 1 amide bonds. The Kier molecular flexibility index (Phi) is 5.44. The Bertz CT molecular complexity index is 721. The number of halogens is 2. The van der Waals surface area contributed by atoms with Crippen LogP contribution in [0, 0.1) is 5.92 Å². The average Bonchev–Trinajstić information content (AvgIpc) is 3.08. The van der Waals surface area contributed by atoms with Crippen LogP contribution >= 0.6 is 23.2 Å². The van der Waals surface area contributed by atoms with E-state index in [1.54, 1.807) is 6.07 Å². The molecule has 126 valence electrons. The van der Waals surface area contributed by atoms with Gasteiger partial charge in [0.05, 0.1) is 22.0 Å². The van der Waals surface area contributed by atoms with Crippen LogP contribution in [0.4, 0.5) is 0 Å². The Balaban J connectivity index is 1.72. The predicted octanol–water partition coefficient (Wildman–Crippen LogP) is 4.17. The lowest BCUT2D eigenvalue weighted by Gasteiger charge is -2.22. The second kappa shape index (κ2) is 7.56. The molecular formula is C19H20Cl2N2O. The van der Waals surface area contributed by atoms with Crippen LogP contribution in [-0.4, -0.2) is 19.0 Å². The summed E-state index contributed by atoms with van der Waals surface area (Å²) in [4.78, 5) is 12.8. The molecule has 2 aromatic rings. The minimum atomic E-state index is -0.117. The van der Waals surface area contributed by atoms with Gasteiger partial charge in [-0.1, -0.05) is 59.6 Å². The van der Waals surface area contributed by atoms with Crippen molar-refractivity contribution in [1.29, 1.82) is 0 Å². The monoisotopic (exact) mass is 362 g/mol. The fraction of sp³-hybridized carbons (Fsp3) is 0.316. The molecule has 0 unspecified atom stereocenters. The zero-order valence-corrected chi connectivity index (χ0v) is 14.9. The van der Waals surface area contributed by atoms with Crippen LogP contribution in [0.3, 0.4) is 0 Å². The van der Waals surface area contributed by atoms with Crippen molar-refractivity contribution in [2.45, 2.75) is 18.9 Å². The first kappa shape index (κ1) is 17.3. The van der Waals surface area contributed by atoms with Gasteiger partial charge in [-0.25, -0.2) is 0 Å². The summed E-state index contributed by atoms with van der Waals surface area (Å²) in [6.07, 6.45) is 0. The van der Waals surface area contributed by atoms with E-state index >= 15 is 0 Å². The molecule has 3 nitrogen and oxygen atoms in total. The summed E-state index contributed by atoms with van der Waals surface area (Å²) in [6.45, 7) is 3.43. The van der Waals surface area contributed by atoms with Crippen LogP contribution in [0.5, 0.6) is 0 Å². The largest absolute Gasteiger partial charge is 0.349 e. The molecule has 24 heavy (non-hydrogen) atoms. The summed E-state index contributed by atoms with van der Waals surface area (Å²) in [5.41, 5.74) is 2.14. The lowest BCUT2D eigenvalue weighted by molar-refractivity contribution is -0.125. The van der Waals surface area contributed by atoms with Crippen molar-refractivity contribution in [3.63, 3.8) is 0 Å². The molecule has 5 heteroatoms. The Morgan fingerprint density at radius 1 is 1.12 bits per heavy atom. The molecular weight excluding hydrogens is 343 g/mol. The number of hydrogen-bond donors (Lipinski definition) is 2. The summed E-state index contributed by atoms with van der Waals surface area (Å²) in [7, 11) is 0. The molecule has 1 fully saturated rings. The van der Waals surface area contributed by atoms with E-state index in [0.717, 1.165) is 17.7 Å². The molecule has 0 aliphatic carbocycles. The average molecular weight is 363 g/mol. The zero-order valence-electron chi connectivity index (χ0n) is 13.4. The maximum atomic E-state index is 12.8. The topological polar surface area (TPSA) is 41.1 Å². The number of hydrogen-bond acceptors (Lipinski definition) is 2. The van der Waals surface area contributed by atoms with Gasteiger partial charge in [0.25, 0.3) is 0 Å². The van der Waals surface area contributed by atoms with Crippen LogP contribution in [0.1, 0.15) is 30.0 Å². The third-order valence-electron chi connectivity index (χ3n) is 4.58. The molecule has 0 radical (unpaired) electrons. The van der Waals surface area contributed by atoms with Gasteiger partial charge in [0.2, 0.25) is 5.91 Å². The molecule has 3 atom stereocenters. The van der Waals surface area contributed by atoms with E-state index in [1.807, 2.05) is 49.4 Å². The highest BCUT2D eigenvalue weighted by atomic mass is 35.5. The van der Waals surface area contributed by atoms with Crippen molar-refractivity contribution < 1.29 is 4.79 Å². The number of amides is 1. The summed E-state index contributed by atoms with van der Waals surface area (Å²) >= 11 is 12.1. The van der Waals surface area contributed by atoms with Gasteiger partial charge < -0.3 is 10.6 Å². The number of carbonyl (C=O) groups is 1. The predicted molar refractivity (Wildman–Crippen MR) is 98.6 cm³/mol. The first-order valence-electron chi connectivity index (χ1n) is 8.07. The minimum absolute atomic E-state index is 0.0197. The van der Waals surface area contributed by atoms with E-state index in [1.165, 1.54) is 0 Å². The molecule has 0 spiro atoms. The van der Waals surface area contributed by atoms with Crippen LogP contribution in [0.25, 0.3) is 0 Å². The van der Waals surface area contributed by atoms with E-state index in [9.17, 15) is 4.79 Å². The summed E-state index contributed by atoms with van der Waals surface area (Å²) < 4.78 is 0. The minimum Gasteiger partial charge on any atom is -0.349 e. The number of benzene rings is 2. The third kappa shape index (κ3) is 3.75. The summed E-state index contributed by atoms with van der Waals surface area (Å²) in [5, 5.41) is 7.50. The maximum Gasteiger partial charge on any atom is 0.225 e. The van der Waals surface area contributed by atoms with E-state index in [-0.39, 0.29) is 23.8 Å². The van der Waals surface area contributed by atoms with Gasteiger partial charge >= 0.3 is 0 Å². The van der Waals surface area contributed by atoms with Crippen molar-refractivity contribution in [3.05, 3.63) is 69.7 Å². The normalized spacial score (nSPS) is 21.5. The first-order valence-corrected chi connectivity index (χ1v) is 8.83. The highest BCUT2D eigenvalue weighted by molar-refractivity contribution is 6.42. The fourth-order valence-electron chi connectivity index (χ4n) is 3.19. The van der Waals surface area contributed by atoms with Gasteiger partial charge in [-0.2, -0.15) is 0 Å². The molecule has 1 heterocycles. The van der Waals surface area contributed by atoms with Gasteiger partial charge in [0.1, 0.15) is 0 Å². The van der Waals surface area contributed by atoms with Crippen LogP contribution in [0.2, 0.25) is 10.0 Å². The number of carbonyl (C=O) groups excluding carboxylic acids is 1. The molecule has 0 bridgehead atoms.